The van der Waals surface area contributed by atoms with E-state index in [0.29, 0.717) is 16.6 Å². The second-order valence-corrected chi connectivity index (χ2v) is 6.99. The summed E-state index contributed by atoms with van der Waals surface area (Å²) < 4.78 is 39.7. The zero-order chi connectivity index (χ0) is 19.7. The van der Waals surface area contributed by atoms with Crippen LogP contribution < -0.4 is 5.32 Å². The molecule has 0 aliphatic carbocycles. The Morgan fingerprint density at radius 1 is 0.964 bits per heavy atom. The van der Waals surface area contributed by atoms with E-state index < -0.39 is 17.6 Å². The van der Waals surface area contributed by atoms with Gasteiger partial charge in [-0.25, -0.2) is 4.98 Å². The van der Waals surface area contributed by atoms with Crippen molar-refractivity contribution >= 4 is 33.8 Å². The number of amides is 1. The molecule has 1 N–H and O–H groups in total. The number of rotatable bonds is 3. The third kappa shape index (κ3) is 3.48. The van der Waals surface area contributed by atoms with Gasteiger partial charge in [0, 0.05) is 5.39 Å². The second-order valence-electron chi connectivity index (χ2n) is 6.05. The van der Waals surface area contributed by atoms with Crippen LogP contribution in [0.1, 0.15) is 15.9 Å². The van der Waals surface area contributed by atoms with E-state index in [2.05, 4.69) is 10.3 Å². The molecule has 4 rings (SSSR count). The van der Waals surface area contributed by atoms with Gasteiger partial charge in [-0.15, -0.1) is 11.3 Å². The van der Waals surface area contributed by atoms with Crippen LogP contribution in [0.4, 0.5) is 18.9 Å². The van der Waals surface area contributed by atoms with E-state index in [4.69, 9.17) is 0 Å². The molecule has 2 aromatic carbocycles. The zero-order valence-corrected chi connectivity index (χ0v) is 15.1. The van der Waals surface area contributed by atoms with Crippen LogP contribution in [0.5, 0.6) is 0 Å². The van der Waals surface area contributed by atoms with Crippen LogP contribution in [0, 0.1) is 0 Å². The smallest absolute Gasteiger partial charge is 0.321 e. The average molecular weight is 398 g/mol. The molecule has 2 heterocycles. The van der Waals surface area contributed by atoms with Crippen LogP contribution in [-0.2, 0) is 6.18 Å². The first-order chi connectivity index (χ1) is 13.4. The molecular weight excluding hydrogens is 385 g/mol. The summed E-state index contributed by atoms with van der Waals surface area (Å²) in [7, 11) is 0. The lowest BCUT2D eigenvalue weighted by atomic mass is 10.1. The number of anilines is 1. The molecule has 140 valence electrons. The fraction of sp³-hybridized carbons (Fsp3) is 0.0476. The Labute approximate surface area is 162 Å². The predicted octanol–water partition coefficient (Wildman–Crippen LogP) is 6.23. The third-order valence-corrected chi connectivity index (χ3v) is 5.11. The number of aromatic nitrogens is 1. The first kappa shape index (κ1) is 18.2. The summed E-state index contributed by atoms with van der Waals surface area (Å²) in [6.07, 6.45) is -4.56. The fourth-order valence-corrected chi connectivity index (χ4v) is 3.63. The van der Waals surface area contributed by atoms with Gasteiger partial charge in [-0.3, -0.25) is 4.79 Å². The Bertz CT molecular complexity index is 1150. The van der Waals surface area contributed by atoms with Crippen LogP contribution in [0.3, 0.4) is 0 Å². The second kappa shape index (κ2) is 7.09. The van der Waals surface area contributed by atoms with Crippen LogP contribution in [0.2, 0.25) is 0 Å². The molecule has 0 unspecified atom stereocenters. The van der Waals surface area contributed by atoms with Crippen molar-refractivity contribution in [3.63, 3.8) is 0 Å². The van der Waals surface area contributed by atoms with Crippen molar-refractivity contribution in [3.05, 3.63) is 83.2 Å². The summed E-state index contributed by atoms with van der Waals surface area (Å²) in [6.45, 7) is 0. The van der Waals surface area contributed by atoms with Crippen molar-refractivity contribution in [2.45, 2.75) is 6.18 Å². The average Bonchev–Trinajstić information content (AvgIpc) is 3.21. The number of hydrogen-bond donors (Lipinski definition) is 1. The van der Waals surface area contributed by atoms with Gasteiger partial charge in [-0.2, -0.15) is 13.2 Å². The van der Waals surface area contributed by atoms with Gasteiger partial charge in [-0.1, -0.05) is 36.4 Å². The minimum atomic E-state index is -4.56. The zero-order valence-electron chi connectivity index (χ0n) is 14.3. The highest BCUT2D eigenvalue weighted by atomic mass is 32.1. The first-order valence-corrected chi connectivity index (χ1v) is 9.23. The Hall–Kier alpha value is -3.19. The van der Waals surface area contributed by atoms with Crippen molar-refractivity contribution < 1.29 is 18.0 Å². The molecule has 0 radical (unpaired) electrons. The quantitative estimate of drug-likeness (QED) is 0.444. The number of nitrogens with zero attached hydrogens (tertiary/aromatic N) is 1. The van der Waals surface area contributed by atoms with Gasteiger partial charge in [0.05, 0.1) is 32.9 Å². The number of carbonyl (C=O) groups excluding carboxylic acids is 1. The minimum Gasteiger partial charge on any atom is -0.321 e. The summed E-state index contributed by atoms with van der Waals surface area (Å²) in [5.41, 5.74) is 0.301. The number of thiophene rings is 1. The van der Waals surface area contributed by atoms with Gasteiger partial charge < -0.3 is 5.32 Å². The van der Waals surface area contributed by atoms with E-state index in [9.17, 15) is 18.0 Å². The van der Waals surface area contributed by atoms with Crippen LogP contribution in [-0.4, -0.2) is 10.9 Å². The van der Waals surface area contributed by atoms with Crippen LogP contribution in [0.25, 0.3) is 21.5 Å². The number of fused-ring (bicyclic) bond motifs is 1. The number of benzene rings is 2. The molecule has 2 aromatic heterocycles. The van der Waals surface area contributed by atoms with Crippen molar-refractivity contribution in [1.82, 2.24) is 4.98 Å². The van der Waals surface area contributed by atoms with Crippen molar-refractivity contribution in [3.8, 4) is 10.6 Å². The van der Waals surface area contributed by atoms with Crippen LogP contribution in [0.15, 0.2) is 72.1 Å². The van der Waals surface area contributed by atoms with E-state index >= 15 is 0 Å². The number of hydrogen-bond acceptors (Lipinski definition) is 3. The summed E-state index contributed by atoms with van der Waals surface area (Å²) in [5.74, 6) is -0.617. The molecular formula is C21H13F3N2OS. The molecule has 0 saturated heterocycles. The predicted molar refractivity (Wildman–Crippen MR) is 104 cm³/mol. The third-order valence-electron chi connectivity index (χ3n) is 4.22. The van der Waals surface area contributed by atoms with E-state index in [1.54, 1.807) is 30.3 Å². The van der Waals surface area contributed by atoms with Crippen LogP contribution >= 0.6 is 11.3 Å². The number of pyridine rings is 1. The minimum absolute atomic E-state index is 0.269. The van der Waals surface area contributed by atoms with Crippen molar-refractivity contribution in [1.29, 1.82) is 0 Å². The molecule has 0 saturated carbocycles. The van der Waals surface area contributed by atoms with E-state index in [-0.39, 0.29) is 11.3 Å². The summed E-state index contributed by atoms with van der Waals surface area (Å²) in [6, 6.07) is 17.3. The lowest BCUT2D eigenvalue weighted by Crippen LogP contribution is -2.17. The van der Waals surface area contributed by atoms with Crippen molar-refractivity contribution in [2.24, 2.45) is 0 Å². The van der Waals surface area contributed by atoms with Gasteiger partial charge >= 0.3 is 6.18 Å². The Kier molecular flexibility index (Phi) is 4.60. The molecule has 28 heavy (non-hydrogen) atoms. The summed E-state index contributed by atoms with van der Waals surface area (Å²) in [5, 5.41) is 4.88. The highest BCUT2D eigenvalue weighted by molar-refractivity contribution is 7.13. The highest BCUT2D eigenvalue weighted by Crippen LogP contribution is 2.35. The molecule has 0 atom stereocenters. The Balaban J connectivity index is 1.80. The molecule has 7 heteroatoms. The standard InChI is InChI=1S/C21H13F3N2OS/c22-21(23,24)15-7-2-4-9-17(15)26-20(27)14-12-18(19-10-5-11-28-19)25-16-8-3-1-6-13(14)16/h1-12H,(H,26,27). The van der Waals surface area contributed by atoms with Crippen molar-refractivity contribution in [2.75, 3.05) is 5.32 Å². The normalized spacial score (nSPS) is 11.5. The lowest BCUT2D eigenvalue weighted by molar-refractivity contribution is -0.136. The molecule has 0 aliphatic rings. The van der Waals surface area contributed by atoms with Gasteiger partial charge in [0.1, 0.15) is 0 Å². The molecule has 1 amide bonds. The maximum atomic E-state index is 13.2. The SMILES string of the molecule is O=C(Nc1ccccc1C(F)(F)F)c1cc(-c2cccs2)nc2ccccc12. The first-order valence-electron chi connectivity index (χ1n) is 8.35. The lowest BCUT2D eigenvalue weighted by Gasteiger charge is -2.14. The fourth-order valence-electron chi connectivity index (χ4n) is 2.94. The molecule has 0 fully saturated rings. The topological polar surface area (TPSA) is 42.0 Å². The Morgan fingerprint density at radius 3 is 2.46 bits per heavy atom. The summed E-state index contributed by atoms with van der Waals surface area (Å²) in [4.78, 5) is 18.4. The van der Waals surface area contributed by atoms with Gasteiger partial charge in [0.15, 0.2) is 0 Å². The number of carbonyl (C=O) groups is 1. The highest BCUT2D eigenvalue weighted by Gasteiger charge is 2.33. The van der Waals surface area contributed by atoms with Gasteiger partial charge in [0.2, 0.25) is 0 Å². The van der Waals surface area contributed by atoms with E-state index in [1.165, 1.54) is 29.5 Å². The number of nitrogens with one attached hydrogen (secondary N) is 1. The molecule has 4 aromatic rings. The monoisotopic (exact) mass is 398 g/mol. The largest absolute Gasteiger partial charge is 0.418 e. The van der Waals surface area contributed by atoms with Gasteiger partial charge in [-0.05, 0) is 35.7 Å². The van der Waals surface area contributed by atoms with Gasteiger partial charge in [0.25, 0.3) is 5.91 Å². The molecule has 0 spiro atoms. The molecule has 0 aliphatic heterocycles. The maximum absolute atomic E-state index is 13.2. The molecule has 0 bridgehead atoms. The number of alkyl halides is 3. The summed E-state index contributed by atoms with van der Waals surface area (Å²) >= 11 is 1.47. The maximum Gasteiger partial charge on any atom is 0.418 e. The van der Waals surface area contributed by atoms with E-state index in [1.807, 2.05) is 17.5 Å². The number of para-hydroxylation sites is 2. The van der Waals surface area contributed by atoms with E-state index in [0.717, 1.165) is 10.9 Å². The Morgan fingerprint density at radius 2 is 1.71 bits per heavy atom. The molecule has 3 nitrogen and oxygen atoms in total. The number of halogens is 3.